The minimum absolute atomic E-state index is 0.284. The Bertz CT molecular complexity index is 463. The van der Waals surface area contributed by atoms with Gasteiger partial charge in [0.1, 0.15) is 5.82 Å². The summed E-state index contributed by atoms with van der Waals surface area (Å²) < 4.78 is 13.5. The van der Waals surface area contributed by atoms with Gasteiger partial charge < -0.3 is 16.8 Å². The first kappa shape index (κ1) is 15.1. The summed E-state index contributed by atoms with van der Waals surface area (Å²) in [7, 11) is 0. The molecule has 0 aliphatic rings. The molecular formula is C13H18FN3O2. The van der Waals surface area contributed by atoms with Gasteiger partial charge in [0.2, 0.25) is 11.8 Å². The molecule has 0 heterocycles. The van der Waals surface area contributed by atoms with Gasteiger partial charge >= 0.3 is 0 Å². The Labute approximate surface area is 111 Å². The van der Waals surface area contributed by atoms with Crippen LogP contribution in [0, 0.1) is 5.82 Å². The largest absolute Gasteiger partial charge is 0.370 e. The van der Waals surface area contributed by atoms with Gasteiger partial charge in [-0.2, -0.15) is 0 Å². The molecule has 5 nitrogen and oxygen atoms in total. The number of nitrogens with two attached hydrogens (primary N) is 2. The SMILES string of the molecule is NC(=O)CCCCNCc1cc(C(N)=O)ccc1F. The summed E-state index contributed by atoms with van der Waals surface area (Å²) in [5, 5.41) is 3.04. The number of nitrogens with one attached hydrogen (secondary N) is 1. The average Bonchev–Trinajstić information content (AvgIpc) is 2.34. The molecule has 0 aromatic heterocycles. The predicted molar refractivity (Wildman–Crippen MR) is 69.7 cm³/mol. The average molecular weight is 267 g/mol. The van der Waals surface area contributed by atoms with Crippen LogP contribution in [0.3, 0.4) is 0 Å². The van der Waals surface area contributed by atoms with Crippen LogP contribution < -0.4 is 16.8 Å². The lowest BCUT2D eigenvalue weighted by Crippen LogP contribution is -2.18. The molecule has 0 spiro atoms. The maximum Gasteiger partial charge on any atom is 0.248 e. The minimum Gasteiger partial charge on any atom is -0.370 e. The van der Waals surface area contributed by atoms with Gasteiger partial charge in [-0.25, -0.2) is 4.39 Å². The van der Waals surface area contributed by atoms with E-state index in [1.807, 2.05) is 0 Å². The van der Waals surface area contributed by atoms with Crippen molar-refractivity contribution >= 4 is 11.8 Å². The van der Waals surface area contributed by atoms with Crippen LogP contribution in [0.1, 0.15) is 35.2 Å². The zero-order valence-electron chi connectivity index (χ0n) is 10.6. The molecule has 0 saturated heterocycles. The van der Waals surface area contributed by atoms with Crippen molar-refractivity contribution in [2.24, 2.45) is 11.5 Å². The minimum atomic E-state index is -0.581. The third kappa shape index (κ3) is 5.48. The van der Waals surface area contributed by atoms with Gasteiger partial charge in [-0.1, -0.05) is 0 Å². The van der Waals surface area contributed by atoms with Crippen molar-refractivity contribution in [3.8, 4) is 0 Å². The van der Waals surface area contributed by atoms with E-state index in [2.05, 4.69) is 5.32 Å². The highest BCUT2D eigenvalue weighted by Gasteiger charge is 2.06. The molecule has 0 radical (unpaired) electrons. The molecular weight excluding hydrogens is 249 g/mol. The third-order valence-corrected chi connectivity index (χ3v) is 2.67. The number of carbonyl (C=O) groups is 2. The van der Waals surface area contributed by atoms with Crippen LogP contribution in [0.2, 0.25) is 0 Å². The van der Waals surface area contributed by atoms with Gasteiger partial charge in [0.05, 0.1) is 0 Å². The molecule has 1 aromatic rings. The summed E-state index contributed by atoms with van der Waals surface area (Å²) in [6.45, 7) is 0.955. The van der Waals surface area contributed by atoms with Crippen LogP contribution in [0.15, 0.2) is 18.2 Å². The Morgan fingerprint density at radius 2 is 1.95 bits per heavy atom. The lowest BCUT2D eigenvalue weighted by atomic mass is 10.1. The fourth-order valence-electron chi connectivity index (χ4n) is 1.64. The Hall–Kier alpha value is -1.95. The molecule has 104 valence electrons. The molecule has 2 amide bonds. The molecule has 1 aromatic carbocycles. The zero-order valence-corrected chi connectivity index (χ0v) is 10.6. The van der Waals surface area contributed by atoms with Crippen LogP contribution in [-0.2, 0) is 11.3 Å². The highest BCUT2D eigenvalue weighted by molar-refractivity contribution is 5.92. The van der Waals surface area contributed by atoms with Crippen LogP contribution in [0.25, 0.3) is 0 Å². The van der Waals surface area contributed by atoms with Gasteiger partial charge in [0, 0.05) is 24.1 Å². The van der Waals surface area contributed by atoms with Crippen molar-refractivity contribution in [2.45, 2.75) is 25.8 Å². The number of hydrogen-bond acceptors (Lipinski definition) is 3. The topological polar surface area (TPSA) is 98.2 Å². The molecule has 0 unspecified atom stereocenters. The number of halogens is 1. The summed E-state index contributed by atoms with van der Waals surface area (Å²) >= 11 is 0. The molecule has 0 aliphatic carbocycles. The first-order chi connectivity index (χ1) is 9.00. The molecule has 0 saturated carbocycles. The molecule has 6 heteroatoms. The van der Waals surface area contributed by atoms with E-state index >= 15 is 0 Å². The maximum absolute atomic E-state index is 13.5. The maximum atomic E-state index is 13.5. The van der Waals surface area contributed by atoms with Gasteiger partial charge in [-0.05, 0) is 37.6 Å². The number of primary amides is 2. The van der Waals surface area contributed by atoms with Gasteiger partial charge in [0.15, 0.2) is 0 Å². The fourth-order valence-corrected chi connectivity index (χ4v) is 1.64. The van der Waals surface area contributed by atoms with E-state index in [9.17, 15) is 14.0 Å². The second-order valence-electron chi connectivity index (χ2n) is 4.27. The van der Waals surface area contributed by atoms with Crippen molar-refractivity contribution in [3.05, 3.63) is 35.1 Å². The van der Waals surface area contributed by atoms with Gasteiger partial charge in [0.25, 0.3) is 0 Å². The van der Waals surface area contributed by atoms with Crippen molar-refractivity contribution in [1.82, 2.24) is 5.32 Å². The van der Waals surface area contributed by atoms with Gasteiger partial charge in [-0.3, -0.25) is 9.59 Å². The van der Waals surface area contributed by atoms with E-state index in [1.54, 1.807) is 0 Å². The summed E-state index contributed by atoms with van der Waals surface area (Å²) in [5.74, 6) is -1.28. The quantitative estimate of drug-likeness (QED) is 0.604. The fraction of sp³-hybridized carbons (Fsp3) is 0.385. The molecule has 1 rings (SSSR count). The molecule has 19 heavy (non-hydrogen) atoms. The summed E-state index contributed by atoms with van der Waals surface area (Å²) in [6.07, 6.45) is 1.83. The highest BCUT2D eigenvalue weighted by atomic mass is 19.1. The predicted octanol–water partition coefficient (Wildman–Crippen LogP) is 0.670. The second-order valence-corrected chi connectivity index (χ2v) is 4.27. The van der Waals surface area contributed by atoms with Crippen molar-refractivity contribution in [3.63, 3.8) is 0 Å². The molecule has 5 N–H and O–H groups in total. The van der Waals surface area contributed by atoms with E-state index in [1.165, 1.54) is 18.2 Å². The van der Waals surface area contributed by atoms with Gasteiger partial charge in [-0.15, -0.1) is 0 Å². The molecule has 0 aliphatic heterocycles. The Morgan fingerprint density at radius 3 is 2.58 bits per heavy atom. The summed E-state index contributed by atoms with van der Waals surface area (Å²) in [6, 6.07) is 4.02. The Balaban J connectivity index is 2.38. The van der Waals surface area contributed by atoms with Crippen LogP contribution in [-0.4, -0.2) is 18.4 Å². The van der Waals surface area contributed by atoms with Crippen molar-refractivity contribution in [2.75, 3.05) is 6.54 Å². The summed E-state index contributed by atoms with van der Waals surface area (Å²) in [4.78, 5) is 21.5. The number of hydrogen-bond donors (Lipinski definition) is 3. The van der Waals surface area contributed by atoms with Crippen LogP contribution in [0.5, 0.6) is 0 Å². The Kier molecular flexibility index (Phi) is 5.95. The monoisotopic (exact) mass is 267 g/mol. The summed E-state index contributed by atoms with van der Waals surface area (Å²) in [5.41, 5.74) is 10.8. The number of carbonyl (C=O) groups excluding carboxylic acids is 2. The zero-order chi connectivity index (χ0) is 14.3. The highest BCUT2D eigenvalue weighted by Crippen LogP contribution is 2.10. The molecule has 0 bridgehead atoms. The van der Waals surface area contributed by atoms with E-state index < -0.39 is 5.91 Å². The van der Waals surface area contributed by atoms with Crippen molar-refractivity contribution < 1.29 is 14.0 Å². The normalized spacial score (nSPS) is 10.4. The number of unbranched alkanes of at least 4 members (excludes halogenated alkanes) is 1. The first-order valence-corrected chi connectivity index (χ1v) is 6.08. The lowest BCUT2D eigenvalue weighted by Gasteiger charge is -2.07. The van der Waals surface area contributed by atoms with E-state index in [0.29, 0.717) is 31.5 Å². The lowest BCUT2D eigenvalue weighted by molar-refractivity contribution is -0.118. The third-order valence-electron chi connectivity index (χ3n) is 2.67. The first-order valence-electron chi connectivity index (χ1n) is 6.08. The van der Waals surface area contributed by atoms with Crippen LogP contribution in [0.4, 0.5) is 4.39 Å². The smallest absolute Gasteiger partial charge is 0.248 e. The van der Waals surface area contributed by atoms with Crippen LogP contribution >= 0.6 is 0 Å². The standard InChI is InChI=1S/C13H18FN3O2/c14-11-5-4-9(13(16)19)7-10(11)8-17-6-2-1-3-12(15)18/h4-5,7,17H,1-3,6,8H2,(H2,15,18)(H2,16,19). The van der Waals surface area contributed by atoms with E-state index in [4.69, 9.17) is 11.5 Å². The number of amides is 2. The van der Waals surface area contributed by atoms with E-state index in [0.717, 1.165) is 6.42 Å². The molecule has 0 atom stereocenters. The Morgan fingerprint density at radius 1 is 1.21 bits per heavy atom. The van der Waals surface area contributed by atoms with Crippen molar-refractivity contribution in [1.29, 1.82) is 0 Å². The molecule has 0 fully saturated rings. The number of benzene rings is 1. The second kappa shape index (κ2) is 7.48. The number of rotatable bonds is 8. The van der Waals surface area contributed by atoms with E-state index in [-0.39, 0.29) is 17.3 Å².